The molecule has 20 heavy (non-hydrogen) atoms. The molecule has 2 N–H and O–H groups in total. The van der Waals surface area contributed by atoms with Gasteiger partial charge in [0.1, 0.15) is 5.69 Å². The van der Waals surface area contributed by atoms with Gasteiger partial charge in [0.05, 0.1) is 5.69 Å². The van der Waals surface area contributed by atoms with Crippen molar-refractivity contribution in [2.75, 3.05) is 5.32 Å². The maximum Gasteiger partial charge on any atom is 0.275 e. The van der Waals surface area contributed by atoms with Gasteiger partial charge in [0, 0.05) is 11.1 Å². The zero-order chi connectivity index (χ0) is 13.9. The van der Waals surface area contributed by atoms with E-state index in [2.05, 4.69) is 27.4 Å². The van der Waals surface area contributed by atoms with Crippen LogP contribution in [0.3, 0.4) is 0 Å². The lowest BCUT2D eigenvalue weighted by Gasteiger charge is -2.19. The molecule has 1 aliphatic carbocycles. The zero-order valence-electron chi connectivity index (χ0n) is 11.5. The highest BCUT2D eigenvalue weighted by Crippen LogP contribution is 2.34. The Labute approximate surface area is 121 Å². The molecule has 1 aliphatic rings. The van der Waals surface area contributed by atoms with E-state index in [0.29, 0.717) is 10.8 Å². The smallest absolute Gasteiger partial charge is 0.275 e. The lowest BCUT2D eigenvalue weighted by atomic mass is 9.88. The van der Waals surface area contributed by atoms with E-state index in [4.69, 9.17) is 0 Å². The number of aromatic nitrogens is 3. The standard InChI is InChI=1S/C14H18N4OS/c1-2-3-9-4-5-10-12(8-9)20-14(16-10)17-13(19)11-6-7-15-18-11/h6-7,9H,2-5,8H2,1H3,(H,15,18)(H,16,17,19)/t9-/m1/s1. The molecule has 0 fully saturated rings. The van der Waals surface area contributed by atoms with E-state index in [0.717, 1.165) is 18.8 Å². The largest absolute Gasteiger partial charge is 0.296 e. The number of nitrogens with zero attached hydrogens (tertiary/aromatic N) is 2. The van der Waals surface area contributed by atoms with Gasteiger partial charge in [0.25, 0.3) is 5.91 Å². The summed E-state index contributed by atoms with van der Waals surface area (Å²) < 4.78 is 0. The summed E-state index contributed by atoms with van der Waals surface area (Å²) in [7, 11) is 0. The molecular formula is C14H18N4OS. The number of hydrogen-bond acceptors (Lipinski definition) is 4. The number of anilines is 1. The van der Waals surface area contributed by atoms with Gasteiger partial charge in [-0.25, -0.2) is 4.98 Å². The highest BCUT2D eigenvalue weighted by atomic mass is 32.1. The van der Waals surface area contributed by atoms with Crippen LogP contribution in [0.1, 0.15) is 47.2 Å². The predicted molar refractivity (Wildman–Crippen MR) is 79.1 cm³/mol. The van der Waals surface area contributed by atoms with Crippen molar-refractivity contribution in [3.05, 3.63) is 28.5 Å². The molecule has 2 aromatic heterocycles. The van der Waals surface area contributed by atoms with Crippen molar-refractivity contribution in [3.63, 3.8) is 0 Å². The van der Waals surface area contributed by atoms with Crippen LogP contribution in [-0.2, 0) is 12.8 Å². The molecule has 1 atom stereocenters. The molecule has 0 radical (unpaired) electrons. The number of nitrogens with one attached hydrogen (secondary N) is 2. The van der Waals surface area contributed by atoms with Gasteiger partial charge in [-0.1, -0.05) is 19.8 Å². The number of thiazole rings is 1. The first-order valence-electron chi connectivity index (χ1n) is 7.05. The van der Waals surface area contributed by atoms with Crippen LogP contribution in [0.2, 0.25) is 0 Å². The lowest BCUT2D eigenvalue weighted by Crippen LogP contribution is -2.13. The van der Waals surface area contributed by atoms with Gasteiger partial charge in [0.15, 0.2) is 5.13 Å². The Kier molecular flexibility index (Phi) is 3.82. The van der Waals surface area contributed by atoms with E-state index in [9.17, 15) is 4.79 Å². The summed E-state index contributed by atoms with van der Waals surface area (Å²) in [5.74, 6) is 0.600. The van der Waals surface area contributed by atoms with E-state index >= 15 is 0 Å². The molecule has 0 saturated carbocycles. The first-order chi connectivity index (χ1) is 9.76. The number of carbonyl (C=O) groups excluding carboxylic acids is 1. The fourth-order valence-electron chi connectivity index (χ4n) is 2.70. The Hall–Kier alpha value is -1.69. The summed E-state index contributed by atoms with van der Waals surface area (Å²) in [6, 6.07) is 1.65. The van der Waals surface area contributed by atoms with E-state index in [1.165, 1.54) is 29.8 Å². The van der Waals surface area contributed by atoms with Gasteiger partial charge in [-0.05, 0) is 31.2 Å². The number of aromatic amines is 1. The molecule has 2 heterocycles. The van der Waals surface area contributed by atoms with Crippen LogP contribution in [0.25, 0.3) is 0 Å². The summed E-state index contributed by atoms with van der Waals surface area (Å²) >= 11 is 1.61. The van der Waals surface area contributed by atoms with Gasteiger partial charge in [-0.2, -0.15) is 5.10 Å². The second-order valence-electron chi connectivity index (χ2n) is 5.21. The third-order valence-electron chi connectivity index (χ3n) is 3.70. The Balaban J connectivity index is 1.69. The quantitative estimate of drug-likeness (QED) is 0.909. The van der Waals surface area contributed by atoms with Crippen LogP contribution in [-0.4, -0.2) is 21.1 Å². The van der Waals surface area contributed by atoms with Crippen molar-refractivity contribution in [2.45, 2.75) is 39.0 Å². The van der Waals surface area contributed by atoms with Crippen LogP contribution in [0.5, 0.6) is 0 Å². The minimum atomic E-state index is -0.182. The average Bonchev–Trinajstić information content (AvgIpc) is 3.06. The molecule has 0 spiro atoms. The maximum atomic E-state index is 11.9. The summed E-state index contributed by atoms with van der Waals surface area (Å²) in [5.41, 5.74) is 1.63. The number of H-pyrrole nitrogens is 1. The zero-order valence-corrected chi connectivity index (χ0v) is 12.3. The Morgan fingerprint density at radius 1 is 1.60 bits per heavy atom. The van der Waals surface area contributed by atoms with Crippen molar-refractivity contribution >= 4 is 22.4 Å². The molecular weight excluding hydrogens is 272 g/mol. The summed E-state index contributed by atoms with van der Waals surface area (Å²) in [5, 5.41) is 9.98. The molecule has 0 bridgehead atoms. The van der Waals surface area contributed by atoms with E-state index in [1.54, 1.807) is 23.6 Å². The van der Waals surface area contributed by atoms with Gasteiger partial charge < -0.3 is 0 Å². The van der Waals surface area contributed by atoms with Gasteiger partial charge in [-0.15, -0.1) is 11.3 Å². The van der Waals surface area contributed by atoms with Crippen molar-refractivity contribution in [1.29, 1.82) is 0 Å². The van der Waals surface area contributed by atoms with Crippen LogP contribution in [0.4, 0.5) is 5.13 Å². The maximum absolute atomic E-state index is 11.9. The highest BCUT2D eigenvalue weighted by molar-refractivity contribution is 7.15. The molecule has 0 aliphatic heterocycles. The third kappa shape index (κ3) is 2.75. The minimum absolute atomic E-state index is 0.182. The van der Waals surface area contributed by atoms with E-state index in [1.807, 2.05) is 0 Å². The van der Waals surface area contributed by atoms with Crippen LogP contribution >= 0.6 is 11.3 Å². The normalized spacial score (nSPS) is 17.8. The summed E-state index contributed by atoms with van der Waals surface area (Å²) in [6.45, 7) is 2.23. The van der Waals surface area contributed by atoms with Crippen LogP contribution in [0.15, 0.2) is 12.3 Å². The first kappa shape index (κ1) is 13.3. The molecule has 6 heteroatoms. The van der Waals surface area contributed by atoms with Gasteiger partial charge in [-0.3, -0.25) is 15.2 Å². The van der Waals surface area contributed by atoms with Crippen molar-refractivity contribution < 1.29 is 4.79 Å². The van der Waals surface area contributed by atoms with Gasteiger partial charge in [0.2, 0.25) is 0 Å². The number of aryl methyl sites for hydroxylation is 1. The van der Waals surface area contributed by atoms with E-state index < -0.39 is 0 Å². The lowest BCUT2D eigenvalue weighted by molar-refractivity contribution is 0.102. The van der Waals surface area contributed by atoms with Crippen molar-refractivity contribution in [3.8, 4) is 0 Å². The first-order valence-corrected chi connectivity index (χ1v) is 7.87. The van der Waals surface area contributed by atoms with Gasteiger partial charge >= 0.3 is 0 Å². The third-order valence-corrected chi connectivity index (χ3v) is 4.74. The van der Waals surface area contributed by atoms with Crippen LogP contribution < -0.4 is 5.32 Å². The Morgan fingerprint density at radius 2 is 2.50 bits per heavy atom. The monoisotopic (exact) mass is 290 g/mol. The number of fused-ring (bicyclic) bond motifs is 1. The molecule has 0 unspecified atom stereocenters. The summed E-state index contributed by atoms with van der Waals surface area (Å²) in [4.78, 5) is 17.8. The SMILES string of the molecule is CCC[C@@H]1CCc2nc(NC(=O)c3ccn[nH]3)sc2C1. The molecule has 2 aromatic rings. The fraction of sp³-hybridized carbons (Fsp3) is 0.500. The van der Waals surface area contributed by atoms with E-state index in [-0.39, 0.29) is 5.91 Å². The second-order valence-corrected chi connectivity index (χ2v) is 6.29. The predicted octanol–water partition coefficient (Wildman–Crippen LogP) is 3.02. The topological polar surface area (TPSA) is 70.7 Å². The molecule has 5 nitrogen and oxygen atoms in total. The van der Waals surface area contributed by atoms with Crippen LogP contribution in [0, 0.1) is 5.92 Å². The average molecular weight is 290 g/mol. The number of hydrogen-bond donors (Lipinski definition) is 2. The fourth-order valence-corrected chi connectivity index (χ4v) is 3.82. The second kappa shape index (κ2) is 5.75. The molecule has 106 valence electrons. The van der Waals surface area contributed by atoms with Crippen molar-refractivity contribution in [1.82, 2.24) is 15.2 Å². The number of amides is 1. The molecule has 1 amide bonds. The number of rotatable bonds is 4. The number of carbonyl (C=O) groups is 1. The Bertz CT molecular complexity index is 590. The summed E-state index contributed by atoms with van der Waals surface area (Å²) in [6.07, 6.45) is 7.46. The molecule has 3 rings (SSSR count). The Morgan fingerprint density at radius 3 is 3.25 bits per heavy atom. The highest BCUT2D eigenvalue weighted by Gasteiger charge is 2.22. The minimum Gasteiger partial charge on any atom is -0.296 e. The molecule has 0 aromatic carbocycles. The molecule has 0 saturated heterocycles. The van der Waals surface area contributed by atoms with Crippen molar-refractivity contribution in [2.24, 2.45) is 5.92 Å².